The van der Waals surface area contributed by atoms with E-state index in [4.69, 9.17) is 14.6 Å². The number of methoxy groups -OCH3 is 2. The van der Waals surface area contributed by atoms with E-state index in [1.165, 1.54) is 5.56 Å². The van der Waals surface area contributed by atoms with Gasteiger partial charge in [0.1, 0.15) is 5.75 Å². The average molecular weight is 413 g/mol. The van der Waals surface area contributed by atoms with Gasteiger partial charge in [-0.3, -0.25) is 4.79 Å². The molecule has 1 aliphatic carbocycles. The van der Waals surface area contributed by atoms with Crippen LogP contribution in [0.2, 0.25) is 0 Å². The highest BCUT2D eigenvalue weighted by atomic mass is 16.5. The summed E-state index contributed by atoms with van der Waals surface area (Å²) in [5, 5.41) is 4.84. The van der Waals surface area contributed by atoms with Gasteiger partial charge in [-0.05, 0) is 35.6 Å². The summed E-state index contributed by atoms with van der Waals surface area (Å²) in [6, 6.07) is 18.0. The van der Waals surface area contributed by atoms with Gasteiger partial charge in [-0.25, -0.2) is 9.50 Å². The van der Waals surface area contributed by atoms with Crippen LogP contribution < -0.4 is 4.74 Å². The molecule has 1 atom stereocenters. The van der Waals surface area contributed by atoms with Gasteiger partial charge in [-0.2, -0.15) is 5.10 Å². The summed E-state index contributed by atoms with van der Waals surface area (Å²) in [7, 11) is 3.30. The molecule has 0 saturated carbocycles. The number of nitrogens with zero attached hydrogens (tertiary/aromatic N) is 3. The van der Waals surface area contributed by atoms with E-state index in [-0.39, 0.29) is 11.7 Å². The summed E-state index contributed by atoms with van der Waals surface area (Å²) < 4.78 is 12.6. The van der Waals surface area contributed by atoms with Crippen molar-refractivity contribution in [3.05, 3.63) is 83.3 Å². The Morgan fingerprint density at radius 2 is 1.81 bits per heavy atom. The first-order chi connectivity index (χ1) is 15.2. The van der Waals surface area contributed by atoms with Crippen molar-refractivity contribution in [1.82, 2.24) is 14.6 Å². The molecule has 0 aliphatic heterocycles. The van der Waals surface area contributed by atoms with Gasteiger partial charge in [0.15, 0.2) is 11.4 Å². The monoisotopic (exact) mass is 413 g/mol. The zero-order chi connectivity index (χ0) is 21.4. The smallest absolute Gasteiger partial charge is 0.166 e. The number of benzene rings is 2. The maximum Gasteiger partial charge on any atom is 0.166 e. The third-order valence-electron chi connectivity index (χ3n) is 5.92. The second kappa shape index (κ2) is 7.96. The summed E-state index contributed by atoms with van der Waals surface area (Å²) in [5.74, 6) is 1.03. The molecule has 0 fully saturated rings. The number of ketones is 1. The lowest BCUT2D eigenvalue weighted by atomic mass is 9.82. The zero-order valence-corrected chi connectivity index (χ0v) is 17.5. The van der Waals surface area contributed by atoms with Crippen molar-refractivity contribution in [1.29, 1.82) is 0 Å². The predicted octanol–water partition coefficient (Wildman–Crippen LogP) is 4.46. The van der Waals surface area contributed by atoms with E-state index in [0.29, 0.717) is 18.6 Å². The number of Topliss-reactive ketones (excluding diaryl/α,β-unsaturated/α-hetero) is 1. The lowest BCUT2D eigenvalue weighted by Crippen LogP contribution is -2.22. The molecule has 1 aliphatic rings. The molecule has 6 heteroatoms. The van der Waals surface area contributed by atoms with Gasteiger partial charge in [0.05, 0.1) is 36.2 Å². The van der Waals surface area contributed by atoms with Gasteiger partial charge in [0.2, 0.25) is 0 Å². The number of carbonyl (C=O) groups is 1. The number of fused-ring (bicyclic) bond motifs is 3. The predicted molar refractivity (Wildman–Crippen MR) is 118 cm³/mol. The third kappa shape index (κ3) is 3.39. The second-order valence-electron chi connectivity index (χ2n) is 7.78. The standard InChI is InChI=1S/C25H23N3O3/c1-30-15-21-24(17-8-10-19(31-2)11-9-17)25-26-14-20-22(28(25)27-21)12-18(13-23(20)29)16-6-4-3-5-7-16/h3-11,14,18H,12-13,15H2,1-2H3. The lowest BCUT2D eigenvalue weighted by Gasteiger charge is -2.24. The molecule has 0 radical (unpaired) electrons. The fourth-order valence-corrected chi connectivity index (χ4v) is 4.40. The minimum atomic E-state index is 0.110. The van der Waals surface area contributed by atoms with Crippen molar-refractivity contribution in [3.63, 3.8) is 0 Å². The number of carbonyl (C=O) groups excluding carboxylic acids is 1. The molecule has 0 saturated heterocycles. The molecule has 2 aromatic carbocycles. The molecule has 2 aromatic heterocycles. The molecule has 2 heterocycles. The van der Waals surface area contributed by atoms with Crippen LogP contribution in [-0.4, -0.2) is 34.6 Å². The van der Waals surface area contributed by atoms with Gasteiger partial charge in [0, 0.05) is 19.7 Å². The van der Waals surface area contributed by atoms with Crippen molar-refractivity contribution >= 4 is 11.4 Å². The number of rotatable bonds is 5. The quantitative estimate of drug-likeness (QED) is 0.483. The van der Waals surface area contributed by atoms with E-state index in [2.05, 4.69) is 17.1 Å². The average Bonchev–Trinajstić information content (AvgIpc) is 3.18. The highest BCUT2D eigenvalue weighted by molar-refractivity contribution is 5.99. The van der Waals surface area contributed by atoms with Gasteiger partial charge < -0.3 is 9.47 Å². The van der Waals surface area contributed by atoms with Crippen LogP contribution in [-0.2, 0) is 17.8 Å². The zero-order valence-electron chi connectivity index (χ0n) is 17.5. The summed E-state index contributed by atoms with van der Waals surface area (Å²) in [5.41, 5.74) is 6.17. The first-order valence-corrected chi connectivity index (χ1v) is 10.3. The van der Waals surface area contributed by atoms with Crippen LogP contribution in [0.4, 0.5) is 0 Å². The molecule has 1 unspecified atom stereocenters. The van der Waals surface area contributed by atoms with Crippen molar-refractivity contribution < 1.29 is 14.3 Å². The van der Waals surface area contributed by atoms with Crippen molar-refractivity contribution in [2.45, 2.75) is 25.4 Å². The molecule has 0 spiro atoms. The van der Waals surface area contributed by atoms with Crippen LogP contribution in [0.1, 0.15) is 39.6 Å². The largest absolute Gasteiger partial charge is 0.497 e. The topological polar surface area (TPSA) is 65.7 Å². The molecule has 0 bridgehead atoms. The fraction of sp³-hybridized carbons (Fsp3) is 0.240. The van der Waals surface area contributed by atoms with E-state index >= 15 is 0 Å². The Morgan fingerprint density at radius 1 is 1.03 bits per heavy atom. The summed E-state index contributed by atoms with van der Waals surface area (Å²) >= 11 is 0. The van der Waals surface area contributed by atoms with Crippen molar-refractivity contribution in [2.75, 3.05) is 14.2 Å². The number of hydrogen-bond donors (Lipinski definition) is 0. The molecular formula is C25H23N3O3. The Balaban J connectivity index is 1.67. The second-order valence-corrected chi connectivity index (χ2v) is 7.78. The van der Waals surface area contributed by atoms with Gasteiger partial charge in [0.25, 0.3) is 0 Å². The molecular weight excluding hydrogens is 390 g/mol. The molecule has 6 nitrogen and oxygen atoms in total. The maximum atomic E-state index is 13.0. The van der Waals surface area contributed by atoms with E-state index in [1.807, 2.05) is 47.0 Å². The molecule has 5 rings (SSSR count). The van der Waals surface area contributed by atoms with Crippen LogP contribution in [0.25, 0.3) is 16.8 Å². The summed E-state index contributed by atoms with van der Waals surface area (Å²) in [6.45, 7) is 0.357. The van der Waals surface area contributed by atoms with E-state index < -0.39 is 0 Å². The normalized spacial score (nSPS) is 15.8. The van der Waals surface area contributed by atoms with Gasteiger partial charge in [-0.15, -0.1) is 0 Å². The highest BCUT2D eigenvalue weighted by Gasteiger charge is 2.30. The maximum absolute atomic E-state index is 13.0. The third-order valence-corrected chi connectivity index (χ3v) is 5.92. The first-order valence-electron chi connectivity index (χ1n) is 10.3. The Kier molecular flexibility index (Phi) is 5.00. The lowest BCUT2D eigenvalue weighted by molar-refractivity contribution is 0.0962. The van der Waals surface area contributed by atoms with Crippen LogP contribution >= 0.6 is 0 Å². The van der Waals surface area contributed by atoms with Crippen molar-refractivity contribution in [3.8, 4) is 16.9 Å². The van der Waals surface area contributed by atoms with Crippen LogP contribution in [0.5, 0.6) is 5.75 Å². The van der Waals surface area contributed by atoms with E-state index in [9.17, 15) is 4.79 Å². The molecule has 0 amide bonds. The summed E-state index contributed by atoms with van der Waals surface area (Å²) in [4.78, 5) is 17.6. The molecule has 0 N–H and O–H groups in total. The van der Waals surface area contributed by atoms with Gasteiger partial charge >= 0.3 is 0 Å². The highest BCUT2D eigenvalue weighted by Crippen LogP contribution is 2.35. The Bertz CT molecular complexity index is 1250. The SMILES string of the molecule is COCc1nn2c3c(cnc2c1-c1ccc(OC)cc1)C(=O)CC(c1ccccc1)C3. The minimum absolute atomic E-state index is 0.110. The Hall–Kier alpha value is -3.51. The van der Waals surface area contributed by atoms with E-state index in [0.717, 1.165) is 40.3 Å². The number of ether oxygens (including phenoxy) is 2. The Morgan fingerprint density at radius 3 is 2.52 bits per heavy atom. The molecule has 4 aromatic rings. The minimum Gasteiger partial charge on any atom is -0.497 e. The van der Waals surface area contributed by atoms with Gasteiger partial charge in [-0.1, -0.05) is 42.5 Å². The summed E-state index contributed by atoms with van der Waals surface area (Å²) in [6.07, 6.45) is 2.93. The Labute approximate surface area is 180 Å². The fourth-order valence-electron chi connectivity index (χ4n) is 4.40. The number of hydrogen-bond acceptors (Lipinski definition) is 5. The van der Waals surface area contributed by atoms with Crippen molar-refractivity contribution in [2.24, 2.45) is 0 Å². The van der Waals surface area contributed by atoms with E-state index in [1.54, 1.807) is 20.4 Å². The molecule has 31 heavy (non-hydrogen) atoms. The first kappa shape index (κ1) is 19.5. The molecule has 156 valence electrons. The number of aromatic nitrogens is 3. The van der Waals surface area contributed by atoms with Crippen LogP contribution in [0, 0.1) is 0 Å². The van der Waals surface area contributed by atoms with Crippen LogP contribution in [0.3, 0.4) is 0 Å². The van der Waals surface area contributed by atoms with Crippen LogP contribution in [0.15, 0.2) is 60.8 Å².